The van der Waals surface area contributed by atoms with E-state index in [1.807, 2.05) is 36.4 Å². The summed E-state index contributed by atoms with van der Waals surface area (Å²) in [4.78, 5) is 14.5. The number of carbonyl (C=O) groups is 1. The number of piperazine rings is 1. The molecule has 0 spiro atoms. The highest BCUT2D eigenvalue weighted by Gasteiger charge is 2.19. The molecule has 0 aliphatic carbocycles. The van der Waals surface area contributed by atoms with Gasteiger partial charge in [0.15, 0.2) is 0 Å². The van der Waals surface area contributed by atoms with Crippen LogP contribution in [-0.4, -0.2) is 43.0 Å². The Balaban J connectivity index is 1.48. The third-order valence-electron chi connectivity index (χ3n) is 4.13. The van der Waals surface area contributed by atoms with E-state index in [0.717, 1.165) is 26.2 Å². The molecule has 1 aliphatic heterocycles. The Kier molecular flexibility index (Phi) is 5.40. The Bertz CT molecular complexity index is 615. The molecule has 1 amide bonds. The Hall–Kier alpha value is -2.17. The van der Waals surface area contributed by atoms with Crippen LogP contribution in [0.4, 0.5) is 0 Å². The molecule has 0 bridgehead atoms. The van der Waals surface area contributed by atoms with Crippen molar-refractivity contribution in [1.82, 2.24) is 15.5 Å². The van der Waals surface area contributed by atoms with Gasteiger partial charge in [-0.3, -0.25) is 9.69 Å². The molecule has 1 aliphatic rings. The monoisotopic (exact) mass is 309 g/mol. The molecule has 120 valence electrons. The first kappa shape index (κ1) is 15.7. The zero-order valence-electron chi connectivity index (χ0n) is 13.2. The maximum absolute atomic E-state index is 12.1. The maximum Gasteiger partial charge on any atom is 0.251 e. The van der Waals surface area contributed by atoms with Crippen LogP contribution in [-0.2, 0) is 6.54 Å². The van der Waals surface area contributed by atoms with Gasteiger partial charge in [0.25, 0.3) is 5.91 Å². The van der Waals surface area contributed by atoms with E-state index in [0.29, 0.717) is 18.2 Å². The van der Waals surface area contributed by atoms with Crippen LogP contribution in [0.2, 0.25) is 0 Å². The summed E-state index contributed by atoms with van der Waals surface area (Å²) in [5.74, 6) is -0.00687. The number of hydrogen-bond donors (Lipinski definition) is 2. The third kappa shape index (κ3) is 4.65. The van der Waals surface area contributed by atoms with Crippen LogP contribution in [0.3, 0.4) is 0 Å². The van der Waals surface area contributed by atoms with Gasteiger partial charge in [0.05, 0.1) is 0 Å². The standard InChI is InChI=1S/C19H23N3O/c23-19(17-9-5-2-6-10-17)21-13-18-15-22(12-11-20-18)14-16-7-3-1-4-8-16/h1-10,18,20H,11-15H2,(H,21,23)/t18-/m1/s1. The van der Waals surface area contributed by atoms with Crippen LogP contribution in [0.25, 0.3) is 0 Å². The lowest BCUT2D eigenvalue weighted by Gasteiger charge is -2.33. The van der Waals surface area contributed by atoms with Crippen LogP contribution in [0.15, 0.2) is 60.7 Å². The van der Waals surface area contributed by atoms with Gasteiger partial charge in [-0.15, -0.1) is 0 Å². The Labute approximate surface area is 137 Å². The number of benzene rings is 2. The molecule has 0 saturated carbocycles. The van der Waals surface area contributed by atoms with Crippen molar-refractivity contribution in [3.05, 3.63) is 71.8 Å². The number of carbonyl (C=O) groups excluding carboxylic acids is 1. The molecule has 4 heteroatoms. The minimum absolute atomic E-state index is 0.00687. The predicted octanol–water partition coefficient (Wildman–Crippen LogP) is 1.89. The molecule has 3 rings (SSSR count). The summed E-state index contributed by atoms with van der Waals surface area (Å²) in [5.41, 5.74) is 2.05. The van der Waals surface area contributed by atoms with E-state index in [-0.39, 0.29) is 5.91 Å². The third-order valence-corrected chi connectivity index (χ3v) is 4.13. The van der Waals surface area contributed by atoms with Crippen molar-refractivity contribution in [2.45, 2.75) is 12.6 Å². The Morgan fingerprint density at radius 1 is 1.09 bits per heavy atom. The van der Waals surface area contributed by atoms with E-state index in [4.69, 9.17) is 0 Å². The Morgan fingerprint density at radius 3 is 2.52 bits per heavy atom. The smallest absolute Gasteiger partial charge is 0.251 e. The van der Waals surface area contributed by atoms with Crippen molar-refractivity contribution in [2.24, 2.45) is 0 Å². The summed E-state index contributed by atoms with van der Waals surface area (Å²) >= 11 is 0. The molecule has 2 N–H and O–H groups in total. The first-order chi connectivity index (χ1) is 11.3. The molecule has 4 nitrogen and oxygen atoms in total. The van der Waals surface area contributed by atoms with Crippen molar-refractivity contribution in [1.29, 1.82) is 0 Å². The van der Waals surface area contributed by atoms with Gasteiger partial charge in [-0.05, 0) is 17.7 Å². The van der Waals surface area contributed by atoms with Gasteiger partial charge in [-0.25, -0.2) is 0 Å². The number of hydrogen-bond acceptors (Lipinski definition) is 3. The molecular weight excluding hydrogens is 286 g/mol. The van der Waals surface area contributed by atoms with Crippen molar-refractivity contribution in [3.63, 3.8) is 0 Å². The Morgan fingerprint density at radius 2 is 1.78 bits per heavy atom. The SMILES string of the molecule is O=C(NC[C@@H]1CN(Cc2ccccc2)CCN1)c1ccccc1. The van der Waals surface area contributed by atoms with E-state index in [1.54, 1.807) is 0 Å². The van der Waals surface area contributed by atoms with Gasteiger partial charge < -0.3 is 10.6 Å². The fourth-order valence-corrected chi connectivity index (χ4v) is 2.92. The summed E-state index contributed by atoms with van der Waals surface area (Å²) in [6.45, 7) is 4.56. The highest BCUT2D eigenvalue weighted by atomic mass is 16.1. The van der Waals surface area contributed by atoms with Crippen LogP contribution in [0.1, 0.15) is 15.9 Å². The largest absolute Gasteiger partial charge is 0.350 e. The number of nitrogens with one attached hydrogen (secondary N) is 2. The van der Waals surface area contributed by atoms with Crippen LogP contribution < -0.4 is 10.6 Å². The quantitative estimate of drug-likeness (QED) is 0.886. The minimum Gasteiger partial charge on any atom is -0.350 e. The lowest BCUT2D eigenvalue weighted by molar-refractivity contribution is 0.0940. The molecule has 0 radical (unpaired) electrons. The molecule has 0 aromatic heterocycles. The second kappa shape index (κ2) is 7.90. The lowest BCUT2D eigenvalue weighted by Crippen LogP contribution is -2.54. The molecule has 2 aromatic carbocycles. The summed E-state index contributed by atoms with van der Waals surface area (Å²) in [5, 5.41) is 6.51. The van der Waals surface area contributed by atoms with E-state index in [1.165, 1.54) is 5.56 Å². The molecule has 0 unspecified atom stereocenters. The number of amides is 1. The number of nitrogens with zero attached hydrogens (tertiary/aromatic N) is 1. The summed E-state index contributed by atoms with van der Waals surface area (Å²) in [7, 11) is 0. The zero-order valence-corrected chi connectivity index (χ0v) is 13.2. The lowest BCUT2D eigenvalue weighted by atomic mass is 10.1. The van der Waals surface area contributed by atoms with Gasteiger partial charge in [0.2, 0.25) is 0 Å². The molecular formula is C19H23N3O. The van der Waals surface area contributed by atoms with Gasteiger partial charge >= 0.3 is 0 Å². The van der Waals surface area contributed by atoms with Crippen molar-refractivity contribution < 1.29 is 4.79 Å². The minimum atomic E-state index is -0.00687. The van der Waals surface area contributed by atoms with Crippen LogP contribution in [0, 0.1) is 0 Å². The molecule has 23 heavy (non-hydrogen) atoms. The maximum atomic E-state index is 12.1. The fourth-order valence-electron chi connectivity index (χ4n) is 2.92. The van der Waals surface area contributed by atoms with E-state index in [9.17, 15) is 4.79 Å². The summed E-state index contributed by atoms with van der Waals surface area (Å²) < 4.78 is 0. The summed E-state index contributed by atoms with van der Waals surface area (Å²) in [6.07, 6.45) is 0. The summed E-state index contributed by atoms with van der Waals surface area (Å²) in [6, 6.07) is 20.2. The van der Waals surface area contributed by atoms with E-state index in [2.05, 4.69) is 39.8 Å². The molecule has 1 atom stereocenters. The topological polar surface area (TPSA) is 44.4 Å². The van der Waals surface area contributed by atoms with Gasteiger partial charge in [-0.2, -0.15) is 0 Å². The van der Waals surface area contributed by atoms with Gasteiger partial charge in [0, 0.05) is 44.3 Å². The van der Waals surface area contributed by atoms with Crippen molar-refractivity contribution in [2.75, 3.05) is 26.2 Å². The highest BCUT2D eigenvalue weighted by Crippen LogP contribution is 2.07. The number of rotatable bonds is 5. The molecule has 1 fully saturated rings. The van der Waals surface area contributed by atoms with Gasteiger partial charge in [0.1, 0.15) is 0 Å². The average molecular weight is 309 g/mol. The molecule has 2 aromatic rings. The predicted molar refractivity (Wildman–Crippen MR) is 92.3 cm³/mol. The first-order valence-electron chi connectivity index (χ1n) is 8.14. The highest BCUT2D eigenvalue weighted by molar-refractivity contribution is 5.94. The normalized spacial score (nSPS) is 18.5. The van der Waals surface area contributed by atoms with Crippen LogP contribution >= 0.6 is 0 Å². The molecule has 1 heterocycles. The first-order valence-corrected chi connectivity index (χ1v) is 8.14. The van der Waals surface area contributed by atoms with Crippen molar-refractivity contribution >= 4 is 5.91 Å². The second-order valence-electron chi connectivity index (χ2n) is 5.95. The molecule has 1 saturated heterocycles. The van der Waals surface area contributed by atoms with E-state index >= 15 is 0 Å². The zero-order chi connectivity index (χ0) is 15.9. The van der Waals surface area contributed by atoms with Crippen molar-refractivity contribution in [3.8, 4) is 0 Å². The van der Waals surface area contributed by atoms with Gasteiger partial charge in [-0.1, -0.05) is 48.5 Å². The average Bonchev–Trinajstić information content (AvgIpc) is 2.62. The van der Waals surface area contributed by atoms with E-state index < -0.39 is 0 Å². The second-order valence-corrected chi connectivity index (χ2v) is 5.95. The van der Waals surface area contributed by atoms with Crippen LogP contribution in [0.5, 0.6) is 0 Å². The fraction of sp³-hybridized carbons (Fsp3) is 0.316.